The van der Waals surface area contributed by atoms with Crippen LogP contribution in [0.2, 0.25) is 0 Å². The molecular formula is C21H22N3O2-. The molecule has 0 fully saturated rings. The van der Waals surface area contributed by atoms with Crippen molar-refractivity contribution in [1.29, 1.82) is 0 Å². The summed E-state index contributed by atoms with van der Waals surface area (Å²) >= 11 is 0. The van der Waals surface area contributed by atoms with Gasteiger partial charge in [0.05, 0.1) is 5.69 Å². The number of carboxylic acid groups (broad SMARTS) is 1. The van der Waals surface area contributed by atoms with Crippen LogP contribution in [0.3, 0.4) is 0 Å². The number of nitrogens with zero attached hydrogens (tertiary/aromatic N) is 2. The maximum atomic E-state index is 11.4. The molecule has 1 unspecified atom stereocenters. The van der Waals surface area contributed by atoms with Crippen molar-refractivity contribution < 1.29 is 9.90 Å². The quantitative estimate of drug-likeness (QED) is 0.740. The molecule has 0 amide bonds. The van der Waals surface area contributed by atoms with Crippen molar-refractivity contribution in [3.05, 3.63) is 71.4 Å². The molecule has 26 heavy (non-hydrogen) atoms. The molecule has 0 saturated heterocycles. The minimum Gasteiger partial charge on any atom is -0.549 e. The Hall–Kier alpha value is -3.08. The summed E-state index contributed by atoms with van der Waals surface area (Å²) < 4.78 is 1.81. The zero-order valence-corrected chi connectivity index (χ0v) is 15.2. The third-order valence-corrected chi connectivity index (χ3v) is 4.52. The van der Waals surface area contributed by atoms with Gasteiger partial charge in [-0.1, -0.05) is 25.1 Å². The Labute approximate surface area is 153 Å². The summed E-state index contributed by atoms with van der Waals surface area (Å²) in [5.74, 6) is -0.880. The molecule has 0 bridgehead atoms. The Morgan fingerprint density at radius 3 is 2.38 bits per heavy atom. The number of rotatable bonds is 6. The van der Waals surface area contributed by atoms with Crippen LogP contribution in [0.25, 0.3) is 5.69 Å². The van der Waals surface area contributed by atoms with Gasteiger partial charge in [-0.05, 0) is 61.2 Å². The monoisotopic (exact) mass is 348 g/mol. The summed E-state index contributed by atoms with van der Waals surface area (Å²) in [5, 5.41) is 19.2. The van der Waals surface area contributed by atoms with E-state index in [1.807, 2.05) is 75.5 Å². The van der Waals surface area contributed by atoms with E-state index in [4.69, 9.17) is 0 Å². The van der Waals surface area contributed by atoms with Crippen molar-refractivity contribution in [3.8, 4) is 5.69 Å². The Morgan fingerprint density at radius 1 is 1.15 bits per heavy atom. The summed E-state index contributed by atoms with van der Waals surface area (Å²) in [4.78, 5) is 11.4. The van der Waals surface area contributed by atoms with Gasteiger partial charge in [0.1, 0.15) is 0 Å². The lowest BCUT2D eigenvalue weighted by atomic mass is 9.88. The number of aromatic nitrogens is 2. The number of aliphatic carboxylic acids is 1. The number of carbonyl (C=O) groups is 1. The van der Waals surface area contributed by atoms with Crippen LogP contribution in [0.1, 0.15) is 36.0 Å². The van der Waals surface area contributed by atoms with Crippen LogP contribution in [0, 0.1) is 13.8 Å². The number of nitrogens with one attached hydrogen (secondary N) is 1. The Bertz CT molecular complexity index is 893. The zero-order valence-electron chi connectivity index (χ0n) is 15.2. The van der Waals surface area contributed by atoms with Crippen LogP contribution in [0.15, 0.2) is 54.7 Å². The van der Waals surface area contributed by atoms with E-state index in [9.17, 15) is 9.90 Å². The van der Waals surface area contributed by atoms with Gasteiger partial charge in [-0.3, -0.25) is 0 Å². The predicted molar refractivity (Wildman–Crippen MR) is 101 cm³/mol. The van der Waals surface area contributed by atoms with Crippen LogP contribution in [0.5, 0.6) is 0 Å². The van der Waals surface area contributed by atoms with E-state index in [0.717, 1.165) is 33.9 Å². The largest absolute Gasteiger partial charge is 0.549 e. The van der Waals surface area contributed by atoms with Gasteiger partial charge >= 0.3 is 0 Å². The number of carbonyl (C=O) groups excluding carboxylic acids is 1. The molecule has 0 radical (unpaired) electrons. The summed E-state index contributed by atoms with van der Waals surface area (Å²) in [6, 6.07) is 15.7. The van der Waals surface area contributed by atoms with Gasteiger partial charge < -0.3 is 15.2 Å². The zero-order chi connectivity index (χ0) is 18.7. The van der Waals surface area contributed by atoms with E-state index in [0.29, 0.717) is 6.42 Å². The lowest BCUT2D eigenvalue weighted by molar-refractivity contribution is -0.308. The Morgan fingerprint density at radius 2 is 1.81 bits per heavy atom. The first-order chi connectivity index (χ1) is 12.5. The standard InChI is InChI=1S/C21H23N3O2/c1-4-18(21(25)26)20-14(2)12-16(13-15(20)3)22-19-10-11-24(23-19)17-8-6-5-7-9-17/h5-13,18H,4H2,1-3H3,(H,22,23)(H,25,26)/p-1. The van der Waals surface area contributed by atoms with Gasteiger partial charge in [0.2, 0.25) is 0 Å². The molecule has 0 saturated carbocycles. The molecule has 5 heteroatoms. The van der Waals surface area contributed by atoms with Gasteiger partial charge in [-0.25, -0.2) is 4.68 Å². The van der Waals surface area contributed by atoms with Crippen molar-refractivity contribution in [2.24, 2.45) is 0 Å². The van der Waals surface area contributed by atoms with E-state index in [1.165, 1.54) is 0 Å². The summed E-state index contributed by atoms with van der Waals surface area (Å²) in [6.45, 7) is 5.73. The molecule has 5 nitrogen and oxygen atoms in total. The van der Waals surface area contributed by atoms with Crippen LogP contribution < -0.4 is 10.4 Å². The van der Waals surface area contributed by atoms with Crippen molar-refractivity contribution in [2.75, 3.05) is 5.32 Å². The second-order valence-electron chi connectivity index (χ2n) is 6.41. The normalized spacial score (nSPS) is 12.0. The fourth-order valence-corrected chi connectivity index (χ4v) is 3.35. The first-order valence-electron chi connectivity index (χ1n) is 8.69. The number of benzene rings is 2. The average molecular weight is 348 g/mol. The number of hydrogen-bond acceptors (Lipinski definition) is 4. The average Bonchev–Trinajstić information content (AvgIpc) is 3.07. The maximum absolute atomic E-state index is 11.4. The first-order valence-corrected chi connectivity index (χ1v) is 8.69. The molecule has 0 aliphatic heterocycles. The topological polar surface area (TPSA) is 70.0 Å². The highest BCUT2D eigenvalue weighted by Gasteiger charge is 2.16. The molecule has 0 aliphatic carbocycles. The fraction of sp³-hybridized carbons (Fsp3) is 0.238. The van der Waals surface area contributed by atoms with E-state index in [-0.39, 0.29) is 0 Å². The summed E-state index contributed by atoms with van der Waals surface area (Å²) in [6.07, 6.45) is 2.41. The molecule has 1 heterocycles. The van der Waals surface area contributed by atoms with E-state index >= 15 is 0 Å². The minimum atomic E-state index is -1.03. The molecule has 1 atom stereocenters. The molecule has 0 aliphatic rings. The van der Waals surface area contributed by atoms with E-state index < -0.39 is 11.9 Å². The summed E-state index contributed by atoms with van der Waals surface area (Å²) in [5.41, 5.74) is 4.59. The lowest BCUT2D eigenvalue weighted by Gasteiger charge is -2.22. The molecule has 134 valence electrons. The molecular weight excluding hydrogens is 326 g/mol. The van der Waals surface area contributed by atoms with E-state index in [2.05, 4.69) is 10.4 Å². The van der Waals surface area contributed by atoms with Gasteiger partial charge in [0.15, 0.2) is 5.82 Å². The van der Waals surface area contributed by atoms with Crippen molar-refractivity contribution >= 4 is 17.5 Å². The molecule has 1 N–H and O–H groups in total. The van der Waals surface area contributed by atoms with Gasteiger partial charge in [0.25, 0.3) is 0 Å². The fourth-order valence-electron chi connectivity index (χ4n) is 3.35. The van der Waals surface area contributed by atoms with Crippen LogP contribution in [0.4, 0.5) is 11.5 Å². The lowest BCUT2D eigenvalue weighted by Crippen LogP contribution is -2.30. The summed E-state index contributed by atoms with van der Waals surface area (Å²) in [7, 11) is 0. The highest BCUT2D eigenvalue weighted by atomic mass is 16.4. The Balaban J connectivity index is 1.85. The van der Waals surface area contributed by atoms with Gasteiger partial charge in [-0.15, -0.1) is 0 Å². The van der Waals surface area contributed by atoms with Crippen molar-refractivity contribution in [2.45, 2.75) is 33.1 Å². The molecule has 3 aromatic rings. The maximum Gasteiger partial charge on any atom is 0.152 e. The smallest absolute Gasteiger partial charge is 0.152 e. The van der Waals surface area contributed by atoms with Crippen LogP contribution in [-0.4, -0.2) is 15.7 Å². The predicted octanol–water partition coefficient (Wildman–Crippen LogP) is 3.48. The molecule has 3 rings (SSSR count). The first kappa shape index (κ1) is 17.7. The highest BCUT2D eigenvalue weighted by Crippen LogP contribution is 2.30. The van der Waals surface area contributed by atoms with E-state index in [1.54, 1.807) is 4.68 Å². The number of carboxylic acids is 1. The third-order valence-electron chi connectivity index (χ3n) is 4.52. The number of hydrogen-bond donors (Lipinski definition) is 1. The SMILES string of the molecule is CCC(C(=O)[O-])c1c(C)cc(Nc2ccn(-c3ccccc3)n2)cc1C. The van der Waals surface area contributed by atoms with Gasteiger partial charge in [-0.2, -0.15) is 5.10 Å². The highest BCUT2D eigenvalue weighted by molar-refractivity contribution is 5.76. The van der Waals surface area contributed by atoms with Gasteiger partial charge in [0, 0.05) is 29.8 Å². The van der Waals surface area contributed by atoms with Crippen LogP contribution >= 0.6 is 0 Å². The third kappa shape index (κ3) is 3.61. The number of aryl methyl sites for hydroxylation is 2. The van der Waals surface area contributed by atoms with Crippen molar-refractivity contribution in [3.63, 3.8) is 0 Å². The Kier molecular flexibility index (Phi) is 5.07. The second-order valence-corrected chi connectivity index (χ2v) is 6.41. The molecule has 2 aromatic carbocycles. The second kappa shape index (κ2) is 7.44. The van der Waals surface area contributed by atoms with Crippen molar-refractivity contribution in [1.82, 2.24) is 9.78 Å². The number of anilines is 2. The number of para-hydroxylation sites is 1. The molecule has 0 spiro atoms. The minimum absolute atomic E-state index is 0.512. The van der Waals surface area contributed by atoms with Crippen LogP contribution in [-0.2, 0) is 4.79 Å². The molecule has 1 aromatic heterocycles.